The minimum absolute atomic E-state index is 0.145. The minimum Gasteiger partial charge on any atom is -0.384 e. The molecule has 0 amide bonds. The topological polar surface area (TPSA) is 12.0 Å². The Labute approximate surface area is 100 Å². The highest BCUT2D eigenvalue weighted by atomic mass is 19.1. The predicted molar refractivity (Wildman–Crippen MR) is 68.8 cm³/mol. The van der Waals surface area contributed by atoms with E-state index in [1.807, 2.05) is 12.1 Å². The van der Waals surface area contributed by atoms with Crippen molar-refractivity contribution < 1.29 is 4.39 Å². The van der Waals surface area contributed by atoms with Gasteiger partial charge in [-0.05, 0) is 53.8 Å². The number of hydrogen-bond acceptors (Lipinski definition) is 1. The summed E-state index contributed by atoms with van der Waals surface area (Å²) in [4.78, 5) is 0. The lowest BCUT2D eigenvalue weighted by molar-refractivity contribution is 0.619. The third-order valence-electron chi connectivity index (χ3n) is 3.31. The van der Waals surface area contributed by atoms with E-state index < -0.39 is 0 Å². The van der Waals surface area contributed by atoms with Crippen LogP contribution in [0, 0.1) is 12.7 Å². The fraction of sp³-hybridized carbons (Fsp3) is 0.200. The molecule has 0 radical (unpaired) electrons. The molecule has 1 heterocycles. The van der Waals surface area contributed by atoms with E-state index in [-0.39, 0.29) is 5.82 Å². The van der Waals surface area contributed by atoms with Crippen LogP contribution >= 0.6 is 0 Å². The molecule has 0 fully saturated rings. The van der Waals surface area contributed by atoms with E-state index in [0.717, 1.165) is 24.1 Å². The van der Waals surface area contributed by atoms with E-state index in [1.54, 1.807) is 6.92 Å². The fourth-order valence-corrected chi connectivity index (χ4v) is 2.29. The van der Waals surface area contributed by atoms with Gasteiger partial charge in [-0.25, -0.2) is 4.39 Å². The number of nitrogens with one attached hydrogen (secondary N) is 1. The van der Waals surface area contributed by atoms with E-state index >= 15 is 0 Å². The summed E-state index contributed by atoms with van der Waals surface area (Å²) in [6, 6.07) is 11.7. The van der Waals surface area contributed by atoms with Gasteiger partial charge in [-0.1, -0.05) is 18.2 Å². The number of benzene rings is 2. The van der Waals surface area contributed by atoms with E-state index in [4.69, 9.17) is 0 Å². The van der Waals surface area contributed by atoms with E-state index in [2.05, 4.69) is 23.5 Å². The van der Waals surface area contributed by atoms with Crippen LogP contribution in [0.1, 0.15) is 11.1 Å². The largest absolute Gasteiger partial charge is 0.384 e. The summed E-state index contributed by atoms with van der Waals surface area (Å²) in [5, 5.41) is 3.36. The Hall–Kier alpha value is -1.83. The summed E-state index contributed by atoms with van der Waals surface area (Å²) < 4.78 is 13.2. The zero-order chi connectivity index (χ0) is 11.8. The molecular formula is C15H14FN. The molecule has 2 aromatic rings. The molecule has 0 saturated carbocycles. The Balaban J connectivity index is 2.06. The lowest BCUT2D eigenvalue weighted by atomic mass is 10.0. The van der Waals surface area contributed by atoms with E-state index in [9.17, 15) is 4.39 Å². The molecule has 1 aliphatic heterocycles. The number of fused-ring (bicyclic) bond motifs is 1. The van der Waals surface area contributed by atoms with Crippen molar-refractivity contribution in [3.8, 4) is 11.1 Å². The van der Waals surface area contributed by atoms with Crippen molar-refractivity contribution in [2.45, 2.75) is 13.3 Å². The van der Waals surface area contributed by atoms with Gasteiger partial charge in [-0.15, -0.1) is 0 Å². The van der Waals surface area contributed by atoms with Crippen LogP contribution in [0.4, 0.5) is 10.1 Å². The highest BCUT2D eigenvalue weighted by molar-refractivity contribution is 5.71. The van der Waals surface area contributed by atoms with Crippen molar-refractivity contribution in [3.05, 3.63) is 53.3 Å². The van der Waals surface area contributed by atoms with Gasteiger partial charge in [0.2, 0.25) is 0 Å². The highest BCUT2D eigenvalue weighted by Gasteiger charge is 2.10. The van der Waals surface area contributed by atoms with Crippen molar-refractivity contribution in [2.75, 3.05) is 11.9 Å². The molecule has 0 unspecified atom stereocenters. The Kier molecular flexibility index (Phi) is 2.36. The zero-order valence-electron chi connectivity index (χ0n) is 9.76. The molecule has 17 heavy (non-hydrogen) atoms. The summed E-state index contributed by atoms with van der Waals surface area (Å²) in [6.07, 6.45) is 1.10. The van der Waals surface area contributed by atoms with Crippen LogP contribution in [0.25, 0.3) is 11.1 Å². The van der Waals surface area contributed by atoms with Crippen LogP contribution in [0.5, 0.6) is 0 Å². The standard InChI is InChI=1S/C15H14FN/c1-10-8-12(4-5-14(10)16)13-3-2-11-6-7-17-15(11)9-13/h2-5,8-9,17H,6-7H2,1H3. The van der Waals surface area contributed by atoms with Crippen LogP contribution in [0.2, 0.25) is 0 Å². The van der Waals surface area contributed by atoms with Gasteiger partial charge < -0.3 is 5.32 Å². The molecular weight excluding hydrogens is 213 g/mol. The third-order valence-corrected chi connectivity index (χ3v) is 3.31. The summed E-state index contributed by atoms with van der Waals surface area (Å²) in [6.45, 7) is 2.81. The molecule has 1 N–H and O–H groups in total. The highest BCUT2D eigenvalue weighted by Crippen LogP contribution is 2.29. The van der Waals surface area contributed by atoms with Gasteiger partial charge >= 0.3 is 0 Å². The summed E-state index contributed by atoms with van der Waals surface area (Å²) in [5.41, 5.74) is 5.48. The average Bonchev–Trinajstić information content (AvgIpc) is 2.79. The molecule has 86 valence electrons. The molecule has 0 aromatic heterocycles. The Morgan fingerprint density at radius 1 is 1.06 bits per heavy atom. The SMILES string of the molecule is Cc1cc(-c2ccc3c(c2)NCC3)ccc1F. The van der Waals surface area contributed by atoms with Crippen LogP contribution in [-0.2, 0) is 6.42 Å². The van der Waals surface area contributed by atoms with E-state index in [1.165, 1.54) is 17.3 Å². The van der Waals surface area contributed by atoms with Crippen molar-refractivity contribution in [3.63, 3.8) is 0 Å². The van der Waals surface area contributed by atoms with Gasteiger partial charge in [0.1, 0.15) is 5.82 Å². The normalized spacial score (nSPS) is 13.3. The second-order valence-electron chi connectivity index (χ2n) is 4.51. The molecule has 3 rings (SSSR count). The average molecular weight is 227 g/mol. The number of anilines is 1. The first kappa shape index (κ1) is 10.3. The van der Waals surface area contributed by atoms with Crippen molar-refractivity contribution >= 4 is 5.69 Å². The second kappa shape index (κ2) is 3.88. The second-order valence-corrected chi connectivity index (χ2v) is 4.51. The summed E-state index contributed by atoms with van der Waals surface area (Å²) in [5.74, 6) is -0.145. The van der Waals surface area contributed by atoms with Gasteiger partial charge in [0, 0.05) is 12.2 Å². The molecule has 2 aromatic carbocycles. The molecule has 0 atom stereocenters. The fourth-order valence-electron chi connectivity index (χ4n) is 2.29. The van der Waals surface area contributed by atoms with Crippen molar-refractivity contribution in [1.29, 1.82) is 0 Å². The Morgan fingerprint density at radius 2 is 1.82 bits per heavy atom. The maximum atomic E-state index is 13.2. The first-order valence-electron chi connectivity index (χ1n) is 5.87. The lowest BCUT2D eigenvalue weighted by Crippen LogP contribution is -1.91. The molecule has 1 aliphatic rings. The minimum atomic E-state index is -0.145. The maximum absolute atomic E-state index is 13.2. The van der Waals surface area contributed by atoms with Crippen molar-refractivity contribution in [1.82, 2.24) is 0 Å². The molecule has 0 aliphatic carbocycles. The smallest absolute Gasteiger partial charge is 0.126 e. The Bertz CT molecular complexity index is 575. The third kappa shape index (κ3) is 1.80. The predicted octanol–water partition coefficient (Wildman–Crippen LogP) is 3.77. The monoisotopic (exact) mass is 227 g/mol. The Morgan fingerprint density at radius 3 is 2.65 bits per heavy atom. The molecule has 1 nitrogen and oxygen atoms in total. The number of halogens is 1. The number of aryl methyl sites for hydroxylation is 1. The summed E-state index contributed by atoms with van der Waals surface area (Å²) >= 11 is 0. The first-order valence-corrected chi connectivity index (χ1v) is 5.87. The quantitative estimate of drug-likeness (QED) is 0.782. The van der Waals surface area contributed by atoms with Gasteiger partial charge in [-0.3, -0.25) is 0 Å². The summed E-state index contributed by atoms with van der Waals surface area (Å²) in [7, 11) is 0. The maximum Gasteiger partial charge on any atom is 0.126 e. The molecule has 0 saturated heterocycles. The number of rotatable bonds is 1. The van der Waals surface area contributed by atoms with Gasteiger partial charge in [-0.2, -0.15) is 0 Å². The van der Waals surface area contributed by atoms with Crippen LogP contribution in [0.3, 0.4) is 0 Å². The van der Waals surface area contributed by atoms with Crippen LogP contribution in [-0.4, -0.2) is 6.54 Å². The van der Waals surface area contributed by atoms with Gasteiger partial charge in [0.25, 0.3) is 0 Å². The van der Waals surface area contributed by atoms with Crippen molar-refractivity contribution in [2.24, 2.45) is 0 Å². The number of hydrogen-bond donors (Lipinski definition) is 1. The van der Waals surface area contributed by atoms with Gasteiger partial charge in [0.15, 0.2) is 0 Å². The van der Waals surface area contributed by atoms with E-state index in [0.29, 0.717) is 5.56 Å². The molecule has 0 spiro atoms. The zero-order valence-corrected chi connectivity index (χ0v) is 9.76. The lowest BCUT2D eigenvalue weighted by Gasteiger charge is -2.07. The molecule has 0 bridgehead atoms. The van der Waals surface area contributed by atoms with Crippen LogP contribution < -0.4 is 5.32 Å². The van der Waals surface area contributed by atoms with Crippen LogP contribution in [0.15, 0.2) is 36.4 Å². The van der Waals surface area contributed by atoms with Gasteiger partial charge in [0.05, 0.1) is 0 Å². The first-order chi connectivity index (χ1) is 8.24. The molecule has 2 heteroatoms.